The van der Waals surface area contributed by atoms with Crippen LogP contribution in [0.5, 0.6) is 0 Å². The van der Waals surface area contributed by atoms with Crippen LogP contribution in [-0.2, 0) is 9.59 Å². The molecule has 5 saturated heterocycles. The van der Waals surface area contributed by atoms with E-state index in [0.717, 1.165) is 12.8 Å². The van der Waals surface area contributed by atoms with Gasteiger partial charge in [0.25, 0.3) is 11.8 Å². The lowest BCUT2D eigenvalue weighted by Gasteiger charge is -2.58. The molecule has 7 aliphatic rings. The predicted molar refractivity (Wildman–Crippen MR) is 94.7 cm³/mol. The van der Waals surface area contributed by atoms with E-state index in [1.165, 1.54) is 0 Å². The Hall–Kier alpha value is -1.40. The van der Waals surface area contributed by atoms with Crippen molar-refractivity contribution in [2.75, 3.05) is 0 Å². The number of nitrogens with zero attached hydrogens (tertiary/aromatic N) is 2. The molecule has 122 valence electrons. The fraction of sp³-hybridized carbons (Fsp3) is 0.444. The summed E-state index contributed by atoms with van der Waals surface area (Å²) in [6.07, 6.45) is 18.1. The van der Waals surface area contributed by atoms with Gasteiger partial charge in [0.2, 0.25) is 0 Å². The smallest absolute Gasteiger partial charge is 0.262 e. The van der Waals surface area contributed by atoms with Crippen LogP contribution < -0.4 is 0 Å². The number of hydrogen-bond donors (Lipinski definition) is 0. The highest BCUT2D eigenvalue weighted by Crippen LogP contribution is 2.69. The van der Waals surface area contributed by atoms with Crippen LogP contribution >= 0.6 is 21.6 Å². The summed E-state index contributed by atoms with van der Waals surface area (Å²) < 4.78 is 0. The maximum absolute atomic E-state index is 13.6. The Bertz CT molecular complexity index is 737. The van der Waals surface area contributed by atoms with Crippen LogP contribution in [-0.4, -0.2) is 43.4 Å². The van der Waals surface area contributed by atoms with E-state index in [4.69, 9.17) is 0 Å². The maximum atomic E-state index is 13.6. The van der Waals surface area contributed by atoms with Gasteiger partial charge in [-0.1, -0.05) is 70.2 Å². The second-order valence-electron chi connectivity index (χ2n) is 7.34. The molecule has 0 aromatic heterocycles. The minimum absolute atomic E-state index is 0.0348. The SMILES string of the molecule is O=C1N2C3C=CC=CC3C[C@@]23SS[C@@]12CC1C=CC=CC1N2C3=O. The van der Waals surface area contributed by atoms with Crippen LogP contribution in [0.1, 0.15) is 12.8 Å². The van der Waals surface area contributed by atoms with Gasteiger partial charge >= 0.3 is 0 Å². The molecule has 6 heteroatoms. The van der Waals surface area contributed by atoms with Crippen LogP contribution in [0.25, 0.3) is 0 Å². The van der Waals surface area contributed by atoms with Gasteiger partial charge in [0.1, 0.15) is 0 Å². The van der Waals surface area contributed by atoms with Crippen molar-refractivity contribution < 1.29 is 9.59 Å². The van der Waals surface area contributed by atoms with Crippen molar-refractivity contribution in [2.24, 2.45) is 11.8 Å². The second-order valence-corrected chi connectivity index (χ2v) is 10.0. The van der Waals surface area contributed by atoms with E-state index < -0.39 is 9.74 Å². The van der Waals surface area contributed by atoms with Crippen molar-refractivity contribution in [1.29, 1.82) is 0 Å². The van der Waals surface area contributed by atoms with Gasteiger partial charge in [-0.3, -0.25) is 9.59 Å². The summed E-state index contributed by atoms with van der Waals surface area (Å²) in [6.45, 7) is 0. The van der Waals surface area contributed by atoms with Crippen LogP contribution in [0, 0.1) is 11.8 Å². The van der Waals surface area contributed by atoms with Crippen molar-refractivity contribution >= 4 is 33.4 Å². The average Bonchev–Trinajstić information content (AvgIpc) is 3.12. The molecule has 4 nitrogen and oxygen atoms in total. The van der Waals surface area contributed by atoms with E-state index in [1.54, 1.807) is 21.6 Å². The van der Waals surface area contributed by atoms with Gasteiger partial charge in [-0.05, 0) is 12.8 Å². The van der Waals surface area contributed by atoms with Crippen molar-refractivity contribution in [3.05, 3.63) is 48.6 Å². The minimum Gasteiger partial charge on any atom is -0.309 e. The van der Waals surface area contributed by atoms with E-state index in [0.29, 0.717) is 0 Å². The number of carbonyl (C=O) groups excluding carboxylic acids is 2. The van der Waals surface area contributed by atoms with Gasteiger partial charge in [0.05, 0.1) is 12.1 Å². The first kappa shape index (κ1) is 13.8. The molecule has 5 aliphatic heterocycles. The van der Waals surface area contributed by atoms with E-state index in [-0.39, 0.29) is 35.7 Å². The molecule has 5 fully saturated rings. The number of hydrogen-bond acceptors (Lipinski definition) is 4. The number of piperazine rings is 1. The summed E-state index contributed by atoms with van der Waals surface area (Å²) >= 11 is 0. The fourth-order valence-corrected chi connectivity index (χ4v) is 9.10. The van der Waals surface area contributed by atoms with Gasteiger partial charge < -0.3 is 9.80 Å². The molecule has 2 aliphatic carbocycles. The Labute approximate surface area is 148 Å². The highest BCUT2D eigenvalue weighted by Gasteiger charge is 2.76. The average molecular weight is 356 g/mol. The molecular weight excluding hydrogens is 340 g/mol. The van der Waals surface area contributed by atoms with Crippen LogP contribution in [0.4, 0.5) is 0 Å². The monoisotopic (exact) mass is 356 g/mol. The summed E-state index contributed by atoms with van der Waals surface area (Å²) in [5, 5.41) is 0. The van der Waals surface area contributed by atoms with Gasteiger partial charge in [0, 0.05) is 11.8 Å². The molecule has 7 rings (SSSR count). The molecule has 0 N–H and O–H groups in total. The first-order valence-electron chi connectivity index (χ1n) is 8.42. The van der Waals surface area contributed by atoms with E-state index in [1.807, 2.05) is 34.1 Å². The van der Waals surface area contributed by atoms with Gasteiger partial charge in [0.15, 0.2) is 9.74 Å². The Morgan fingerprint density at radius 1 is 0.750 bits per heavy atom. The summed E-state index contributed by atoms with van der Waals surface area (Å²) in [7, 11) is 3.27. The molecule has 2 spiro atoms. The zero-order valence-corrected chi connectivity index (χ0v) is 14.5. The predicted octanol–water partition coefficient (Wildman–Crippen LogP) is 2.47. The third-order valence-electron chi connectivity index (χ3n) is 6.26. The lowest BCUT2D eigenvalue weighted by molar-refractivity contribution is -0.164. The van der Waals surface area contributed by atoms with Gasteiger partial charge in [-0.2, -0.15) is 0 Å². The standard InChI is InChI=1S/C18H16N2O2S2/c21-15-17-9-11-5-1-3-7-13(11)19(17)16(22)18(24-23-17)10-12-6-2-4-8-14(12)20(15)18/h1-8,11-14H,9-10H2/t11?,12?,13?,14?,17-,18-/m0/s1. The zero-order valence-electron chi connectivity index (χ0n) is 12.9. The lowest BCUT2D eigenvalue weighted by Crippen LogP contribution is -2.75. The molecule has 0 radical (unpaired) electrons. The van der Waals surface area contributed by atoms with E-state index >= 15 is 0 Å². The third kappa shape index (κ3) is 1.31. The third-order valence-corrected chi connectivity index (χ3v) is 9.87. The molecular formula is C18H16N2O2S2. The van der Waals surface area contributed by atoms with E-state index in [2.05, 4.69) is 24.3 Å². The van der Waals surface area contributed by atoms with Crippen LogP contribution in [0.15, 0.2) is 48.6 Å². The number of allylic oxidation sites excluding steroid dienone is 4. The molecule has 5 heterocycles. The number of amides is 2. The lowest BCUT2D eigenvalue weighted by atomic mass is 9.93. The number of rotatable bonds is 0. The maximum Gasteiger partial charge on any atom is 0.262 e. The number of carbonyl (C=O) groups is 2. The highest BCUT2D eigenvalue weighted by molar-refractivity contribution is 8.78. The normalized spacial score (nSPS) is 49.5. The molecule has 0 aromatic carbocycles. The first-order chi connectivity index (χ1) is 11.7. The van der Waals surface area contributed by atoms with Crippen molar-refractivity contribution in [3.63, 3.8) is 0 Å². The molecule has 2 amide bonds. The quantitative estimate of drug-likeness (QED) is 0.625. The Morgan fingerprint density at radius 2 is 1.17 bits per heavy atom. The largest absolute Gasteiger partial charge is 0.309 e. The summed E-state index contributed by atoms with van der Waals surface area (Å²) in [5.74, 6) is 0.802. The molecule has 0 aromatic rings. The highest BCUT2D eigenvalue weighted by atomic mass is 33.1. The second kappa shape index (κ2) is 4.22. The fourth-order valence-electron chi connectivity index (χ4n) is 5.25. The van der Waals surface area contributed by atoms with Crippen LogP contribution in [0.3, 0.4) is 0 Å². The minimum atomic E-state index is -0.720. The zero-order chi connectivity index (χ0) is 16.1. The van der Waals surface area contributed by atoms with Crippen molar-refractivity contribution in [1.82, 2.24) is 9.80 Å². The Morgan fingerprint density at radius 3 is 1.62 bits per heavy atom. The van der Waals surface area contributed by atoms with Crippen LogP contribution in [0.2, 0.25) is 0 Å². The number of fused-ring (bicyclic) bond motifs is 3. The molecule has 0 saturated carbocycles. The summed E-state index contributed by atoms with van der Waals surface area (Å²) in [4.78, 5) is 29.6. The first-order valence-corrected chi connectivity index (χ1v) is 10.6. The molecule has 2 bridgehead atoms. The topological polar surface area (TPSA) is 40.6 Å². The Balaban J connectivity index is 1.54. The summed E-state index contributed by atoms with van der Waals surface area (Å²) in [5.41, 5.74) is 0. The van der Waals surface area contributed by atoms with Gasteiger partial charge in [-0.25, -0.2) is 0 Å². The molecule has 6 atom stereocenters. The van der Waals surface area contributed by atoms with Crippen molar-refractivity contribution in [2.45, 2.75) is 34.7 Å². The molecule has 4 unspecified atom stereocenters. The summed E-state index contributed by atoms with van der Waals surface area (Å²) in [6, 6.07) is 0.0696. The van der Waals surface area contributed by atoms with Gasteiger partial charge in [-0.15, -0.1) is 0 Å². The van der Waals surface area contributed by atoms with E-state index in [9.17, 15) is 9.59 Å². The molecule has 24 heavy (non-hydrogen) atoms. The Kier molecular flexibility index (Phi) is 2.43. The van der Waals surface area contributed by atoms with Crippen molar-refractivity contribution in [3.8, 4) is 0 Å².